The Kier molecular flexibility index (Phi) is 6.12. The van der Waals surface area contributed by atoms with Crippen LogP contribution in [-0.4, -0.2) is 48.6 Å². The first kappa shape index (κ1) is 22.1. The van der Waals surface area contributed by atoms with E-state index in [1.807, 2.05) is 0 Å². The van der Waals surface area contributed by atoms with E-state index < -0.39 is 11.7 Å². The maximum absolute atomic E-state index is 13.5. The number of amides is 1. The normalized spacial score (nSPS) is 27.8. The van der Waals surface area contributed by atoms with Crippen LogP contribution in [0.1, 0.15) is 68.9 Å². The van der Waals surface area contributed by atoms with Gasteiger partial charge >= 0.3 is 6.18 Å². The summed E-state index contributed by atoms with van der Waals surface area (Å²) in [6, 6.07) is 4.93. The molecular weight excluding hydrogens is 415 g/mol. The molecule has 2 saturated carbocycles. The molecule has 3 fully saturated rings. The number of rotatable bonds is 3. The van der Waals surface area contributed by atoms with Crippen LogP contribution >= 0.6 is 0 Å². The number of alkyl halides is 3. The number of nitrogens with one attached hydrogen (secondary N) is 1. The van der Waals surface area contributed by atoms with Gasteiger partial charge in [-0.1, -0.05) is 32.1 Å². The Balaban J connectivity index is 1.42. The predicted octanol–water partition coefficient (Wildman–Crippen LogP) is 4.76. The van der Waals surface area contributed by atoms with Crippen LogP contribution in [0.15, 0.2) is 18.2 Å². The number of hydrogen-bond acceptors (Lipinski definition) is 3. The summed E-state index contributed by atoms with van der Waals surface area (Å²) in [6.45, 7) is 2.51. The van der Waals surface area contributed by atoms with Gasteiger partial charge in [0, 0.05) is 37.4 Å². The van der Waals surface area contributed by atoms with E-state index in [1.165, 1.54) is 44.2 Å². The highest BCUT2D eigenvalue weighted by molar-refractivity contribution is 5.82. The Morgan fingerprint density at radius 2 is 1.69 bits per heavy atom. The Morgan fingerprint density at radius 1 is 0.969 bits per heavy atom. The fourth-order valence-electron chi connectivity index (χ4n) is 6.48. The summed E-state index contributed by atoms with van der Waals surface area (Å²) in [4.78, 5) is 18.2. The van der Waals surface area contributed by atoms with Crippen molar-refractivity contribution in [3.05, 3.63) is 29.3 Å². The molecule has 4 nitrogen and oxygen atoms in total. The molecule has 0 bridgehead atoms. The van der Waals surface area contributed by atoms with Crippen LogP contribution in [0.25, 0.3) is 0 Å². The quantitative estimate of drug-likeness (QED) is 0.723. The summed E-state index contributed by atoms with van der Waals surface area (Å²) >= 11 is 0. The first-order valence-corrected chi connectivity index (χ1v) is 12.4. The summed E-state index contributed by atoms with van der Waals surface area (Å²) in [7, 11) is 0. The number of benzene rings is 1. The molecule has 176 valence electrons. The van der Waals surface area contributed by atoms with Crippen LogP contribution in [0.4, 0.5) is 18.9 Å². The lowest BCUT2D eigenvalue weighted by Gasteiger charge is -2.50. The molecule has 0 unspecified atom stereocenters. The predicted molar refractivity (Wildman–Crippen MR) is 119 cm³/mol. The SMILES string of the molecule is O=C(NC1CCCCC1)[C@H]1Cc2cc(C(F)(F)F)ccc2N2CCN(C3CCCC3)C[C@@H]12. The molecule has 1 saturated heterocycles. The fraction of sp³-hybridized carbons (Fsp3) is 0.720. The van der Waals surface area contributed by atoms with Gasteiger partial charge in [-0.15, -0.1) is 0 Å². The number of carbonyl (C=O) groups is 1. The van der Waals surface area contributed by atoms with E-state index >= 15 is 0 Å². The van der Waals surface area contributed by atoms with Gasteiger partial charge in [0.25, 0.3) is 0 Å². The zero-order chi connectivity index (χ0) is 22.3. The molecule has 0 radical (unpaired) electrons. The average Bonchev–Trinajstić information content (AvgIpc) is 3.33. The van der Waals surface area contributed by atoms with Gasteiger partial charge in [-0.05, 0) is 55.9 Å². The van der Waals surface area contributed by atoms with E-state index in [0.29, 0.717) is 18.0 Å². The van der Waals surface area contributed by atoms with E-state index in [-0.39, 0.29) is 23.9 Å². The van der Waals surface area contributed by atoms with Gasteiger partial charge in [0.1, 0.15) is 0 Å². The molecule has 1 aromatic carbocycles. The second-order valence-electron chi connectivity index (χ2n) is 10.2. The van der Waals surface area contributed by atoms with Crippen LogP contribution in [0.5, 0.6) is 0 Å². The third kappa shape index (κ3) is 4.37. The van der Waals surface area contributed by atoms with E-state index in [4.69, 9.17) is 0 Å². The van der Waals surface area contributed by atoms with Gasteiger partial charge in [-0.2, -0.15) is 13.2 Å². The lowest BCUT2D eigenvalue weighted by Crippen LogP contribution is -2.62. The number of carbonyl (C=O) groups excluding carboxylic acids is 1. The molecule has 32 heavy (non-hydrogen) atoms. The third-order valence-corrected chi connectivity index (χ3v) is 8.20. The van der Waals surface area contributed by atoms with Crippen molar-refractivity contribution in [1.29, 1.82) is 0 Å². The minimum absolute atomic E-state index is 0.0252. The standard InChI is InChI=1S/C25H34F3N3O/c26-25(27,28)18-10-11-22-17(14-18)15-21(24(32)29-19-6-2-1-3-7-19)23-16-30(12-13-31(22)23)20-8-4-5-9-20/h10-11,14,19-21,23H,1-9,12-13,15-16H2,(H,29,32)/t21-,23-/m0/s1. The number of piperazine rings is 1. The number of anilines is 1. The molecular formula is C25H34F3N3O. The maximum Gasteiger partial charge on any atom is 0.416 e. The van der Waals surface area contributed by atoms with Crippen LogP contribution in [0.2, 0.25) is 0 Å². The summed E-state index contributed by atoms with van der Waals surface area (Å²) in [5, 5.41) is 3.28. The van der Waals surface area contributed by atoms with Crippen LogP contribution in [-0.2, 0) is 17.4 Å². The Labute approximate surface area is 188 Å². The second-order valence-corrected chi connectivity index (χ2v) is 10.2. The zero-order valence-corrected chi connectivity index (χ0v) is 18.7. The first-order valence-electron chi connectivity index (χ1n) is 12.4. The molecule has 0 spiro atoms. The molecule has 0 aromatic heterocycles. The molecule has 2 aliphatic carbocycles. The lowest BCUT2D eigenvalue weighted by molar-refractivity contribution is -0.137. The van der Waals surface area contributed by atoms with Gasteiger partial charge in [-0.3, -0.25) is 9.69 Å². The number of fused-ring (bicyclic) bond motifs is 3. The smallest absolute Gasteiger partial charge is 0.365 e. The summed E-state index contributed by atoms with van der Waals surface area (Å²) in [5.41, 5.74) is 0.927. The maximum atomic E-state index is 13.5. The van der Waals surface area contributed by atoms with Crippen molar-refractivity contribution in [2.75, 3.05) is 24.5 Å². The Hall–Kier alpha value is -1.76. The van der Waals surface area contributed by atoms with E-state index in [1.54, 1.807) is 6.07 Å². The van der Waals surface area contributed by atoms with Crippen LogP contribution < -0.4 is 10.2 Å². The highest BCUT2D eigenvalue weighted by Crippen LogP contribution is 2.40. The highest BCUT2D eigenvalue weighted by Gasteiger charge is 2.44. The van der Waals surface area contributed by atoms with Crippen molar-refractivity contribution < 1.29 is 18.0 Å². The Morgan fingerprint density at radius 3 is 2.41 bits per heavy atom. The van der Waals surface area contributed by atoms with Gasteiger partial charge < -0.3 is 10.2 Å². The molecule has 4 aliphatic rings. The summed E-state index contributed by atoms with van der Waals surface area (Å²) in [6.07, 6.45) is 6.51. The van der Waals surface area contributed by atoms with E-state index in [0.717, 1.165) is 51.0 Å². The Bertz CT molecular complexity index is 830. The zero-order valence-electron chi connectivity index (χ0n) is 18.7. The summed E-state index contributed by atoms with van der Waals surface area (Å²) in [5.74, 6) is -0.277. The van der Waals surface area contributed by atoms with Crippen molar-refractivity contribution in [3.63, 3.8) is 0 Å². The molecule has 5 rings (SSSR count). The minimum Gasteiger partial charge on any atom is -0.365 e. The second kappa shape index (κ2) is 8.88. The van der Waals surface area contributed by atoms with Crippen molar-refractivity contribution in [1.82, 2.24) is 10.2 Å². The molecule has 7 heteroatoms. The van der Waals surface area contributed by atoms with Gasteiger partial charge in [0.2, 0.25) is 5.91 Å². The lowest BCUT2D eigenvalue weighted by atomic mass is 9.82. The number of hydrogen-bond donors (Lipinski definition) is 1. The molecule has 2 heterocycles. The molecule has 1 N–H and O–H groups in total. The molecule has 1 amide bonds. The first-order chi connectivity index (χ1) is 15.4. The fourth-order valence-corrected chi connectivity index (χ4v) is 6.48. The van der Waals surface area contributed by atoms with Gasteiger partial charge in [0.15, 0.2) is 0 Å². The summed E-state index contributed by atoms with van der Waals surface area (Å²) < 4.78 is 40.1. The third-order valence-electron chi connectivity index (χ3n) is 8.20. The average molecular weight is 450 g/mol. The van der Waals surface area contributed by atoms with Gasteiger partial charge in [0.05, 0.1) is 17.5 Å². The monoisotopic (exact) mass is 449 g/mol. The topological polar surface area (TPSA) is 35.6 Å². The molecule has 1 aromatic rings. The molecule has 2 atom stereocenters. The van der Waals surface area contributed by atoms with Crippen molar-refractivity contribution in [2.45, 2.75) is 88.5 Å². The van der Waals surface area contributed by atoms with Crippen molar-refractivity contribution in [2.24, 2.45) is 5.92 Å². The number of halogens is 3. The largest absolute Gasteiger partial charge is 0.416 e. The van der Waals surface area contributed by atoms with Crippen LogP contribution in [0, 0.1) is 5.92 Å². The van der Waals surface area contributed by atoms with Crippen LogP contribution in [0.3, 0.4) is 0 Å². The van der Waals surface area contributed by atoms with Gasteiger partial charge in [-0.25, -0.2) is 0 Å². The van der Waals surface area contributed by atoms with E-state index in [2.05, 4.69) is 15.1 Å². The van der Waals surface area contributed by atoms with E-state index in [9.17, 15) is 18.0 Å². The molecule has 2 aliphatic heterocycles. The van der Waals surface area contributed by atoms with Crippen molar-refractivity contribution >= 4 is 11.6 Å². The van der Waals surface area contributed by atoms with Crippen molar-refractivity contribution in [3.8, 4) is 0 Å². The highest BCUT2D eigenvalue weighted by atomic mass is 19.4. The minimum atomic E-state index is -4.37. The number of nitrogens with zero attached hydrogens (tertiary/aromatic N) is 2.